The normalized spacial score (nSPS) is 17.9. The molecule has 1 aromatic carbocycles. The number of rotatable bonds is 2. The lowest BCUT2D eigenvalue weighted by Crippen LogP contribution is -2.37. The van der Waals surface area contributed by atoms with Gasteiger partial charge in [0.1, 0.15) is 22.0 Å². The van der Waals surface area contributed by atoms with Gasteiger partial charge in [-0.05, 0) is 6.08 Å². The highest BCUT2D eigenvalue weighted by atomic mass is 32.1. The molecule has 0 saturated carbocycles. The molecule has 1 unspecified atom stereocenters. The molecule has 1 atom stereocenters. The van der Waals surface area contributed by atoms with Crippen LogP contribution in [-0.4, -0.2) is 15.9 Å². The highest BCUT2D eigenvalue weighted by Gasteiger charge is 2.28. The summed E-state index contributed by atoms with van der Waals surface area (Å²) in [5.41, 5.74) is 2.13. The fourth-order valence-corrected chi connectivity index (χ4v) is 3.13. The lowest BCUT2D eigenvalue weighted by atomic mass is 10.0. The average Bonchev–Trinajstić information content (AvgIpc) is 2.98. The van der Waals surface area contributed by atoms with Gasteiger partial charge in [0, 0.05) is 10.9 Å². The molecule has 0 bridgehead atoms. The van der Waals surface area contributed by atoms with Crippen LogP contribution in [0.3, 0.4) is 0 Å². The Bertz CT molecular complexity index is 787. The van der Waals surface area contributed by atoms with Crippen molar-refractivity contribution in [2.45, 2.75) is 5.92 Å². The topological polar surface area (TPSA) is 65.8 Å². The number of nitrogens with one attached hydrogen (secondary N) is 1. The summed E-state index contributed by atoms with van der Waals surface area (Å²) in [7, 11) is 0. The van der Waals surface area contributed by atoms with E-state index in [0.29, 0.717) is 10.6 Å². The summed E-state index contributed by atoms with van der Waals surface area (Å²) in [6.45, 7) is 0. The van der Waals surface area contributed by atoms with Crippen LogP contribution in [0.25, 0.3) is 11.3 Å². The summed E-state index contributed by atoms with van der Waals surface area (Å²) in [6, 6.07) is 11.7. The van der Waals surface area contributed by atoms with Crippen molar-refractivity contribution in [3.63, 3.8) is 0 Å². The number of hydrogen-bond donors (Lipinski definition) is 1. The number of thiocarbonyl (C=S) groups is 1. The zero-order valence-corrected chi connectivity index (χ0v) is 12.4. The molecule has 3 rings (SSSR count). The first-order chi connectivity index (χ1) is 10.2. The number of hydrogen-bond acceptors (Lipinski definition) is 5. The van der Waals surface area contributed by atoms with E-state index in [9.17, 15) is 4.79 Å². The number of benzene rings is 1. The van der Waals surface area contributed by atoms with Gasteiger partial charge in [-0.15, -0.1) is 11.3 Å². The number of nitrogens with zero attached hydrogens (tertiary/aromatic N) is 2. The molecule has 21 heavy (non-hydrogen) atoms. The summed E-state index contributed by atoms with van der Waals surface area (Å²) in [5.74, 6) is -0.804. The predicted octanol–water partition coefficient (Wildman–Crippen LogP) is 2.80. The van der Waals surface area contributed by atoms with Crippen LogP contribution in [0.4, 0.5) is 0 Å². The van der Waals surface area contributed by atoms with Gasteiger partial charge in [0.2, 0.25) is 5.91 Å². The molecule has 1 amide bonds. The van der Waals surface area contributed by atoms with Gasteiger partial charge in [-0.2, -0.15) is 5.26 Å². The molecule has 1 aliphatic heterocycles. The highest BCUT2D eigenvalue weighted by molar-refractivity contribution is 7.80. The van der Waals surface area contributed by atoms with Crippen molar-refractivity contribution < 1.29 is 4.79 Å². The van der Waals surface area contributed by atoms with E-state index in [2.05, 4.69) is 10.3 Å². The summed E-state index contributed by atoms with van der Waals surface area (Å²) in [4.78, 5) is 16.7. The van der Waals surface area contributed by atoms with E-state index in [1.807, 2.05) is 41.8 Å². The van der Waals surface area contributed by atoms with Crippen molar-refractivity contribution in [2.24, 2.45) is 0 Å². The van der Waals surface area contributed by atoms with Gasteiger partial charge in [0.25, 0.3) is 0 Å². The Kier molecular flexibility index (Phi) is 3.60. The average molecular weight is 311 g/mol. The van der Waals surface area contributed by atoms with E-state index in [-0.39, 0.29) is 10.9 Å². The Balaban J connectivity index is 1.97. The molecular formula is C15H9N3OS2. The maximum atomic E-state index is 12.0. The summed E-state index contributed by atoms with van der Waals surface area (Å²) in [5, 5.41) is 14.1. The van der Waals surface area contributed by atoms with Crippen LogP contribution < -0.4 is 5.32 Å². The van der Waals surface area contributed by atoms with E-state index in [1.165, 1.54) is 11.3 Å². The Labute approximate surface area is 130 Å². The van der Waals surface area contributed by atoms with Gasteiger partial charge < -0.3 is 5.32 Å². The molecule has 1 aromatic heterocycles. The number of amides is 1. The van der Waals surface area contributed by atoms with Crippen molar-refractivity contribution in [3.05, 3.63) is 52.4 Å². The van der Waals surface area contributed by atoms with Gasteiger partial charge in [-0.3, -0.25) is 4.79 Å². The van der Waals surface area contributed by atoms with Crippen molar-refractivity contribution in [1.29, 1.82) is 5.26 Å². The Morgan fingerprint density at radius 1 is 1.33 bits per heavy atom. The van der Waals surface area contributed by atoms with Crippen LogP contribution in [0.1, 0.15) is 10.9 Å². The number of carbonyl (C=O) groups is 1. The Morgan fingerprint density at radius 3 is 2.81 bits per heavy atom. The molecule has 2 aromatic rings. The molecule has 0 aliphatic carbocycles. The quantitative estimate of drug-likeness (QED) is 0.866. The smallest absolute Gasteiger partial charge is 0.238 e. The molecule has 4 nitrogen and oxygen atoms in total. The maximum absolute atomic E-state index is 12.0. The van der Waals surface area contributed by atoms with Crippen molar-refractivity contribution >= 4 is 34.5 Å². The second-order valence-electron chi connectivity index (χ2n) is 4.43. The number of thiazole rings is 1. The van der Waals surface area contributed by atoms with Crippen molar-refractivity contribution in [3.8, 4) is 17.3 Å². The second-order valence-corrected chi connectivity index (χ2v) is 5.72. The summed E-state index contributed by atoms with van der Waals surface area (Å²) >= 11 is 6.35. The van der Waals surface area contributed by atoms with Crippen LogP contribution in [-0.2, 0) is 4.79 Å². The SMILES string of the molecule is N#CC1=CC(c2nc(-c3ccccc3)cs2)C(=O)NC1=S. The van der Waals surface area contributed by atoms with E-state index in [0.717, 1.165) is 11.3 Å². The third-order valence-corrected chi connectivity index (χ3v) is 4.32. The van der Waals surface area contributed by atoms with Gasteiger partial charge in [-0.25, -0.2) is 4.98 Å². The maximum Gasteiger partial charge on any atom is 0.238 e. The lowest BCUT2D eigenvalue weighted by Gasteiger charge is -2.17. The fourth-order valence-electron chi connectivity index (χ4n) is 2.02. The van der Waals surface area contributed by atoms with Gasteiger partial charge in [0.05, 0.1) is 11.3 Å². The zero-order valence-electron chi connectivity index (χ0n) is 10.7. The van der Waals surface area contributed by atoms with Crippen LogP contribution in [0, 0.1) is 11.3 Å². The highest BCUT2D eigenvalue weighted by Crippen LogP contribution is 2.29. The number of aromatic nitrogens is 1. The third kappa shape index (κ3) is 2.61. The molecule has 0 fully saturated rings. The summed E-state index contributed by atoms with van der Waals surface area (Å²) in [6.07, 6.45) is 1.58. The minimum Gasteiger partial charge on any atom is -0.315 e. The molecule has 2 heterocycles. The molecule has 0 spiro atoms. The molecule has 0 saturated heterocycles. The molecule has 102 valence electrons. The Morgan fingerprint density at radius 2 is 2.10 bits per heavy atom. The predicted molar refractivity (Wildman–Crippen MR) is 84.7 cm³/mol. The minimum absolute atomic E-state index is 0.179. The standard InChI is InChI=1S/C15H9N3OS2/c16-7-10-6-11(13(19)18-14(10)20)15-17-12(8-21-15)9-4-2-1-3-5-9/h1-6,8,11H,(H,18,19,20). The minimum atomic E-state index is -0.561. The van der Waals surface area contributed by atoms with Crippen LogP contribution in [0.15, 0.2) is 47.4 Å². The van der Waals surface area contributed by atoms with E-state index >= 15 is 0 Å². The van der Waals surface area contributed by atoms with Crippen molar-refractivity contribution in [2.75, 3.05) is 0 Å². The van der Waals surface area contributed by atoms with Crippen LogP contribution >= 0.6 is 23.6 Å². The van der Waals surface area contributed by atoms with Crippen LogP contribution in [0.5, 0.6) is 0 Å². The van der Waals surface area contributed by atoms with E-state index in [4.69, 9.17) is 17.5 Å². The number of nitriles is 1. The molecule has 1 N–H and O–H groups in total. The van der Waals surface area contributed by atoms with Gasteiger partial charge >= 0.3 is 0 Å². The van der Waals surface area contributed by atoms with Gasteiger partial charge in [-0.1, -0.05) is 42.5 Å². The van der Waals surface area contributed by atoms with Crippen LogP contribution in [0.2, 0.25) is 0 Å². The zero-order chi connectivity index (χ0) is 14.8. The monoisotopic (exact) mass is 311 g/mol. The van der Waals surface area contributed by atoms with E-state index in [1.54, 1.807) is 6.08 Å². The molecule has 0 radical (unpaired) electrons. The molecular weight excluding hydrogens is 302 g/mol. The largest absolute Gasteiger partial charge is 0.315 e. The first-order valence-corrected chi connectivity index (χ1v) is 7.46. The summed E-state index contributed by atoms with van der Waals surface area (Å²) < 4.78 is 0. The molecule has 6 heteroatoms. The first-order valence-electron chi connectivity index (χ1n) is 6.17. The number of carbonyl (C=O) groups excluding carboxylic acids is 1. The van der Waals surface area contributed by atoms with Gasteiger partial charge in [0.15, 0.2) is 0 Å². The third-order valence-electron chi connectivity index (χ3n) is 3.08. The first kappa shape index (κ1) is 13.6. The molecule has 1 aliphatic rings. The fraction of sp³-hybridized carbons (Fsp3) is 0.0667. The second kappa shape index (κ2) is 5.56. The van der Waals surface area contributed by atoms with Crippen molar-refractivity contribution in [1.82, 2.24) is 10.3 Å². The van der Waals surface area contributed by atoms with E-state index < -0.39 is 5.92 Å². The Hall–Kier alpha value is -2.36. The lowest BCUT2D eigenvalue weighted by molar-refractivity contribution is -0.120.